The molecule has 10 heteroatoms. The van der Waals surface area contributed by atoms with E-state index in [1.54, 1.807) is 12.1 Å². The molecule has 2 N–H and O–H groups in total. The fraction of sp³-hybridized carbons (Fsp3) is 0.0625. The van der Waals surface area contributed by atoms with Gasteiger partial charge in [0, 0.05) is 0 Å². The number of aryl methyl sites for hydroxylation is 1. The quantitative estimate of drug-likeness (QED) is 0.572. The molecule has 0 saturated carbocycles. The Morgan fingerprint density at radius 3 is 2.62 bits per heavy atom. The van der Waals surface area contributed by atoms with Gasteiger partial charge in [0.1, 0.15) is 22.8 Å². The molecule has 0 aliphatic carbocycles. The molecule has 134 valence electrons. The van der Waals surface area contributed by atoms with Crippen LogP contribution in [0.5, 0.6) is 0 Å². The summed E-state index contributed by atoms with van der Waals surface area (Å²) in [7, 11) is 0. The van der Waals surface area contributed by atoms with Crippen molar-refractivity contribution >= 4 is 50.7 Å². The van der Waals surface area contributed by atoms with E-state index in [9.17, 15) is 14.0 Å². The zero-order chi connectivity index (χ0) is 18.8. The number of carbonyl (C=O) groups is 2. The van der Waals surface area contributed by atoms with Gasteiger partial charge >= 0.3 is 0 Å². The summed E-state index contributed by atoms with van der Waals surface area (Å²) in [5.41, 5.74) is 4.44. The zero-order valence-corrected chi connectivity index (χ0v) is 16.3. The van der Waals surface area contributed by atoms with E-state index in [1.165, 1.54) is 36.5 Å². The van der Waals surface area contributed by atoms with Gasteiger partial charge in [-0.3, -0.25) is 20.4 Å². The predicted octanol–water partition coefficient (Wildman–Crippen LogP) is 4.34. The van der Waals surface area contributed by atoms with Crippen LogP contribution in [0.25, 0.3) is 11.3 Å². The van der Waals surface area contributed by atoms with Crippen LogP contribution in [-0.2, 0) is 0 Å². The summed E-state index contributed by atoms with van der Waals surface area (Å²) in [4.78, 5) is 24.9. The molecule has 0 aliphatic heterocycles. The minimum absolute atomic E-state index is 0.0235. The number of nitrogens with one attached hydrogen (secondary N) is 2. The summed E-state index contributed by atoms with van der Waals surface area (Å²) in [6.45, 7) is 1.50. The highest BCUT2D eigenvalue weighted by Gasteiger charge is 2.25. The van der Waals surface area contributed by atoms with Crippen LogP contribution < -0.4 is 10.9 Å². The van der Waals surface area contributed by atoms with Crippen LogP contribution in [0.2, 0.25) is 5.02 Å². The van der Waals surface area contributed by atoms with E-state index >= 15 is 0 Å². The molecule has 0 fully saturated rings. The first-order valence-corrected chi connectivity index (χ1v) is 9.14. The van der Waals surface area contributed by atoms with Gasteiger partial charge in [0.15, 0.2) is 0 Å². The monoisotopic (exact) mass is 457 g/mol. The second kappa shape index (κ2) is 7.56. The molecule has 0 aliphatic rings. The summed E-state index contributed by atoms with van der Waals surface area (Å²) >= 11 is 10.5. The molecule has 0 saturated heterocycles. The molecule has 26 heavy (non-hydrogen) atoms. The van der Waals surface area contributed by atoms with Crippen LogP contribution in [0.3, 0.4) is 0 Å². The molecule has 2 aromatic heterocycles. The fourth-order valence-electron chi connectivity index (χ4n) is 2.21. The molecule has 0 unspecified atom stereocenters. The number of aromatic nitrogens is 1. The number of amides is 2. The Labute approximate surface area is 164 Å². The number of halogens is 3. The van der Waals surface area contributed by atoms with Gasteiger partial charge in [-0.15, -0.1) is 11.3 Å². The van der Waals surface area contributed by atoms with Gasteiger partial charge in [0.25, 0.3) is 11.8 Å². The van der Waals surface area contributed by atoms with Crippen molar-refractivity contribution in [3.05, 3.63) is 61.2 Å². The third-order valence-electron chi connectivity index (χ3n) is 3.38. The van der Waals surface area contributed by atoms with Gasteiger partial charge < -0.3 is 4.52 Å². The SMILES string of the molecule is Cc1onc(-c2c(F)cccc2Cl)c1C(=O)NNC(=O)c1ccc(Br)s1. The van der Waals surface area contributed by atoms with E-state index in [1.807, 2.05) is 0 Å². The summed E-state index contributed by atoms with van der Waals surface area (Å²) in [5.74, 6) is -1.69. The second-order valence-corrected chi connectivity index (χ2v) is 7.94. The largest absolute Gasteiger partial charge is 0.360 e. The van der Waals surface area contributed by atoms with E-state index < -0.39 is 17.6 Å². The van der Waals surface area contributed by atoms with Crippen LogP contribution in [0.15, 0.2) is 38.6 Å². The fourth-order valence-corrected chi connectivity index (χ4v) is 3.74. The van der Waals surface area contributed by atoms with E-state index in [2.05, 4.69) is 31.9 Å². The Hall–Kier alpha value is -2.23. The van der Waals surface area contributed by atoms with Crippen LogP contribution in [0.4, 0.5) is 4.39 Å². The first-order chi connectivity index (χ1) is 12.4. The van der Waals surface area contributed by atoms with Gasteiger partial charge in [-0.1, -0.05) is 22.8 Å². The number of hydrazine groups is 1. The molecule has 2 amide bonds. The summed E-state index contributed by atoms with van der Waals surface area (Å²) in [6.07, 6.45) is 0. The smallest absolute Gasteiger partial charge is 0.279 e. The second-order valence-electron chi connectivity index (χ2n) is 5.07. The zero-order valence-electron chi connectivity index (χ0n) is 13.1. The molecule has 6 nitrogen and oxygen atoms in total. The maximum Gasteiger partial charge on any atom is 0.279 e. The number of rotatable bonds is 3. The molecule has 0 bridgehead atoms. The Balaban J connectivity index is 1.84. The lowest BCUT2D eigenvalue weighted by molar-refractivity contribution is 0.0848. The first kappa shape index (κ1) is 18.6. The molecule has 1 aromatic carbocycles. The van der Waals surface area contributed by atoms with Gasteiger partial charge in [0.05, 0.1) is 19.2 Å². The van der Waals surface area contributed by atoms with Gasteiger partial charge in [-0.2, -0.15) is 0 Å². The Kier molecular flexibility index (Phi) is 5.40. The lowest BCUT2D eigenvalue weighted by Crippen LogP contribution is -2.41. The number of nitrogens with zero attached hydrogens (tertiary/aromatic N) is 1. The molecule has 0 radical (unpaired) electrons. The van der Waals surface area contributed by atoms with E-state index in [4.69, 9.17) is 16.1 Å². The highest BCUT2D eigenvalue weighted by atomic mass is 79.9. The number of hydrogen-bond acceptors (Lipinski definition) is 5. The number of carbonyl (C=O) groups excluding carboxylic acids is 2. The summed E-state index contributed by atoms with van der Waals surface area (Å²) in [5, 5.41) is 3.82. The van der Waals surface area contributed by atoms with Crippen LogP contribution in [0, 0.1) is 12.7 Å². The Morgan fingerprint density at radius 2 is 1.96 bits per heavy atom. The summed E-state index contributed by atoms with van der Waals surface area (Å²) < 4.78 is 20.0. The number of hydrogen-bond donors (Lipinski definition) is 2. The predicted molar refractivity (Wildman–Crippen MR) is 98.6 cm³/mol. The molecule has 3 rings (SSSR count). The lowest BCUT2D eigenvalue weighted by Gasteiger charge is -2.08. The standard InChI is InChI=1S/C16H10BrClFN3O3S/c1-7-12(14(22-25-7)13-8(18)3-2-4-9(13)19)16(24)21-20-15(23)10-5-6-11(17)26-10/h2-6H,1H3,(H,20,23)(H,21,24). The van der Waals surface area contributed by atoms with Crippen molar-refractivity contribution in [3.8, 4) is 11.3 Å². The van der Waals surface area contributed by atoms with Crippen molar-refractivity contribution in [3.63, 3.8) is 0 Å². The number of benzene rings is 1. The van der Waals surface area contributed by atoms with E-state index in [-0.39, 0.29) is 27.6 Å². The van der Waals surface area contributed by atoms with Crippen molar-refractivity contribution in [2.45, 2.75) is 6.92 Å². The summed E-state index contributed by atoms with van der Waals surface area (Å²) in [6, 6.07) is 7.42. The van der Waals surface area contributed by atoms with Gasteiger partial charge in [0.2, 0.25) is 0 Å². The maximum atomic E-state index is 14.2. The molecule has 0 atom stereocenters. The minimum Gasteiger partial charge on any atom is -0.360 e. The molecule has 0 spiro atoms. The Morgan fingerprint density at radius 1 is 1.23 bits per heavy atom. The van der Waals surface area contributed by atoms with Crippen LogP contribution >= 0.6 is 38.9 Å². The van der Waals surface area contributed by atoms with Crippen molar-refractivity contribution < 1.29 is 18.5 Å². The highest BCUT2D eigenvalue weighted by Crippen LogP contribution is 2.33. The maximum absolute atomic E-state index is 14.2. The average molecular weight is 459 g/mol. The topological polar surface area (TPSA) is 84.2 Å². The minimum atomic E-state index is -0.706. The normalized spacial score (nSPS) is 10.6. The molecule has 3 aromatic rings. The Bertz CT molecular complexity index is 984. The highest BCUT2D eigenvalue weighted by molar-refractivity contribution is 9.11. The lowest BCUT2D eigenvalue weighted by atomic mass is 10.1. The molecular weight excluding hydrogens is 449 g/mol. The van der Waals surface area contributed by atoms with Crippen molar-refractivity contribution in [2.75, 3.05) is 0 Å². The van der Waals surface area contributed by atoms with Crippen molar-refractivity contribution in [2.24, 2.45) is 0 Å². The van der Waals surface area contributed by atoms with E-state index in [0.717, 1.165) is 3.79 Å². The van der Waals surface area contributed by atoms with Gasteiger partial charge in [-0.05, 0) is 47.1 Å². The third kappa shape index (κ3) is 3.64. The number of thiophene rings is 1. The first-order valence-electron chi connectivity index (χ1n) is 7.15. The van der Waals surface area contributed by atoms with Crippen LogP contribution in [-0.4, -0.2) is 17.0 Å². The molecular formula is C16H10BrClFN3O3S. The third-order valence-corrected chi connectivity index (χ3v) is 5.31. The van der Waals surface area contributed by atoms with E-state index in [0.29, 0.717) is 4.88 Å². The molecule has 2 heterocycles. The average Bonchev–Trinajstić information content (AvgIpc) is 3.18. The van der Waals surface area contributed by atoms with Crippen molar-refractivity contribution in [1.82, 2.24) is 16.0 Å². The van der Waals surface area contributed by atoms with Gasteiger partial charge in [-0.25, -0.2) is 4.39 Å². The van der Waals surface area contributed by atoms with Crippen LogP contribution in [0.1, 0.15) is 25.8 Å². The van der Waals surface area contributed by atoms with Crippen molar-refractivity contribution in [1.29, 1.82) is 0 Å².